The van der Waals surface area contributed by atoms with E-state index < -0.39 is 0 Å². The first-order chi connectivity index (χ1) is 6.09. The highest BCUT2D eigenvalue weighted by Gasteiger charge is 2.20. The zero-order valence-corrected chi connectivity index (χ0v) is 8.00. The van der Waals surface area contributed by atoms with Gasteiger partial charge in [-0.3, -0.25) is 0 Å². The first-order valence-corrected chi connectivity index (χ1v) is 4.40. The summed E-state index contributed by atoms with van der Waals surface area (Å²) in [6.07, 6.45) is 3.49. The largest absolute Gasteiger partial charge is 0.472 e. The highest BCUT2D eigenvalue weighted by atomic mass is 16.3. The molecule has 0 unspecified atom stereocenters. The number of hydrogen-bond donors (Lipinski definition) is 0. The van der Waals surface area contributed by atoms with E-state index in [0.717, 1.165) is 0 Å². The van der Waals surface area contributed by atoms with Crippen LogP contribution in [0, 0.1) is 6.92 Å². The number of rotatable bonds is 1. The van der Waals surface area contributed by atoms with Gasteiger partial charge in [-0.1, -0.05) is 26.0 Å². The van der Waals surface area contributed by atoms with Crippen LogP contribution in [0.4, 0.5) is 0 Å². The molecule has 0 amide bonds. The highest BCUT2D eigenvalue weighted by molar-refractivity contribution is 5.71. The Balaban J connectivity index is 2.62. The van der Waals surface area contributed by atoms with Gasteiger partial charge in [0, 0.05) is 5.56 Å². The van der Waals surface area contributed by atoms with Crippen molar-refractivity contribution in [2.75, 3.05) is 0 Å². The van der Waals surface area contributed by atoms with Gasteiger partial charge in [-0.2, -0.15) is 0 Å². The second-order valence-corrected chi connectivity index (χ2v) is 4.06. The Morgan fingerprint density at radius 3 is 2.69 bits per heavy atom. The molecule has 0 saturated heterocycles. The molecule has 0 aromatic heterocycles. The van der Waals surface area contributed by atoms with Gasteiger partial charge in [0.2, 0.25) is 0 Å². The molecule has 1 heterocycles. The topological polar surface area (TPSA) is 13.1 Å². The third-order valence-corrected chi connectivity index (χ3v) is 2.27. The molecule has 0 aromatic carbocycles. The van der Waals surface area contributed by atoms with Crippen LogP contribution in [0.2, 0.25) is 0 Å². The van der Waals surface area contributed by atoms with Gasteiger partial charge in [0.05, 0.1) is 12.5 Å². The van der Waals surface area contributed by atoms with Gasteiger partial charge < -0.3 is 4.42 Å². The zero-order valence-electron chi connectivity index (χ0n) is 8.00. The van der Waals surface area contributed by atoms with Gasteiger partial charge in [-0.15, -0.1) is 0 Å². The average molecular weight is 173 g/mol. The van der Waals surface area contributed by atoms with Gasteiger partial charge in [0.1, 0.15) is 0 Å². The summed E-state index contributed by atoms with van der Waals surface area (Å²) in [5, 5.41) is 0. The van der Waals surface area contributed by atoms with E-state index in [4.69, 9.17) is 4.42 Å². The molecule has 0 spiro atoms. The summed E-state index contributed by atoms with van der Waals surface area (Å²) in [6.45, 7) is 8.33. The maximum Gasteiger partial charge on any atom is 0.0982 e. The molecule has 1 aliphatic carbocycles. The number of hydrogen-bond acceptors (Lipinski definition) is 1. The van der Waals surface area contributed by atoms with Crippen molar-refractivity contribution < 1.29 is 4.42 Å². The van der Waals surface area contributed by atoms with Crippen molar-refractivity contribution in [1.82, 2.24) is 0 Å². The van der Waals surface area contributed by atoms with Crippen LogP contribution in [0.1, 0.15) is 19.4 Å². The van der Waals surface area contributed by atoms with Crippen LogP contribution in [-0.2, 0) is 5.41 Å². The Hall–Kier alpha value is -1.24. The fraction of sp³-hybridized carbons (Fsp3) is 0.250. The third-order valence-electron chi connectivity index (χ3n) is 2.27. The minimum atomic E-state index is -0.0569. The summed E-state index contributed by atoms with van der Waals surface area (Å²) < 4.78 is 5.16. The van der Waals surface area contributed by atoms with Crippen molar-refractivity contribution in [1.29, 1.82) is 0 Å². The molecule has 2 aliphatic rings. The van der Waals surface area contributed by atoms with Crippen LogP contribution in [0.5, 0.6) is 0 Å². The summed E-state index contributed by atoms with van der Waals surface area (Å²) in [5.41, 5.74) is 3.57. The summed E-state index contributed by atoms with van der Waals surface area (Å²) in [4.78, 5) is 0. The monoisotopic (exact) mass is 173 g/mol. The van der Waals surface area contributed by atoms with Crippen LogP contribution < -0.4 is 0 Å². The van der Waals surface area contributed by atoms with Gasteiger partial charge in [-0.05, 0) is 29.5 Å². The Kier molecular flexibility index (Phi) is 1.69. The van der Waals surface area contributed by atoms with Crippen molar-refractivity contribution in [3.05, 3.63) is 43.2 Å². The molecule has 1 nitrogen and oxygen atoms in total. The lowest BCUT2D eigenvalue weighted by molar-refractivity contribution is 0.549. The molecular weight excluding hydrogens is 160 g/mol. The van der Waals surface area contributed by atoms with Gasteiger partial charge in [-0.25, -0.2) is 0 Å². The molecule has 2 rings (SSSR count). The molecule has 1 heteroatoms. The van der Waals surface area contributed by atoms with E-state index in [1.807, 2.05) is 6.07 Å². The smallest absolute Gasteiger partial charge is 0.0982 e. The molecule has 0 saturated carbocycles. The molecule has 67 valence electrons. The summed E-state index contributed by atoms with van der Waals surface area (Å²) in [7, 11) is 0. The van der Waals surface area contributed by atoms with Crippen LogP contribution in [0.15, 0.2) is 35.1 Å². The van der Waals surface area contributed by atoms with Crippen LogP contribution in [0.25, 0.3) is 11.1 Å². The molecular formula is C12H13O. The SMILES string of the molecule is [CH2]C(C)(C)c1ccc2ccocc1-2. The zero-order chi connectivity index (χ0) is 9.47. The fourth-order valence-corrected chi connectivity index (χ4v) is 1.60. The lowest BCUT2D eigenvalue weighted by Crippen LogP contribution is -2.11. The normalized spacial score (nSPS) is 12.2. The van der Waals surface area contributed by atoms with Crippen molar-refractivity contribution in [2.24, 2.45) is 0 Å². The molecule has 0 N–H and O–H groups in total. The van der Waals surface area contributed by atoms with E-state index in [-0.39, 0.29) is 5.41 Å². The summed E-state index contributed by atoms with van der Waals surface area (Å²) in [5.74, 6) is 0. The molecule has 0 bridgehead atoms. The van der Waals surface area contributed by atoms with Crippen molar-refractivity contribution >= 4 is 0 Å². The maximum atomic E-state index is 5.16. The summed E-state index contributed by atoms with van der Waals surface area (Å²) in [6, 6.07) is 6.20. The summed E-state index contributed by atoms with van der Waals surface area (Å²) >= 11 is 0. The Morgan fingerprint density at radius 1 is 1.23 bits per heavy atom. The van der Waals surface area contributed by atoms with Crippen molar-refractivity contribution in [2.45, 2.75) is 19.3 Å². The predicted octanol–water partition coefficient (Wildman–Crippen LogP) is 3.50. The second kappa shape index (κ2) is 2.63. The third kappa shape index (κ3) is 1.35. The molecule has 1 radical (unpaired) electrons. The first kappa shape index (κ1) is 8.36. The maximum absolute atomic E-state index is 5.16. The van der Waals surface area contributed by atoms with Crippen LogP contribution in [0.3, 0.4) is 0 Å². The van der Waals surface area contributed by atoms with Gasteiger partial charge in [0.15, 0.2) is 0 Å². The fourth-order valence-electron chi connectivity index (χ4n) is 1.60. The first-order valence-electron chi connectivity index (χ1n) is 4.40. The lowest BCUT2D eigenvalue weighted by atomic mass is 9.86. The quantitative estimate of drug-likeness (QED) is 0.643. The predicted molar refractivity (Wildman–Crippen MR) is 53.7 cm³/mol. The average Bonchev–Trinajstić information content (AvgIpc) is 2.45. The van der Waals surface area contributed by atoms with E-state index in [9.17, 15) is 0 Å². The minimum Gasteiger partial charge on any atom is -0.472 e. The molecule has 0 aromatic rings. The Morgan fingerprint density at radius 2 is 2.00 bits per heavy atom. The van der Waals surface area contributed by atoms with E-state index in [2.05, 4.69) is 32.9 Å². The molecule has 13 heavy (non-hydrogen) atoms. The van der Waals surface area contributed by atoms with Crippen molar-refractivity contribution in [3.63, 3.8) is 0 Å². The van der Waals surface area contributed by atoms with Crippen LogP contribution in [-0.4, -0.2) is 0 Å². The second-order valence-electron chi connectivity index (χ2n) is 4.06. The highest BCUT2D eigenvalue weighted by Crippen LogP contribution is 2.35. The molecule has 0 atom stereocenters. The Labute approximate surface area is 78.7 Å². The van der Waals surface area contributed by atoms with E-state index >= 15 is 0 Å². The van der Waals surface area contributed by atoms with E-state index in [0.29, 0.717) is 0 Å². The number of fused-ring (bicyclic) bond motifs is 1. The van der Waals surface area contributed by atoms with Gasteiger partial charge >= 0.3 is 0 Å². The Bertz CT molecular complexity index is 379. The van der Waals surface area contributed by atoms with E-state index in [1.165, 1.54) is 16.7 Å². The standard InChI is InChI=1S/C12H13O/c1-12(2,3)11-5-4-9-6-7-13-8-10(9)11/h4-8H,1H2,2-3H3. The molecule has 1 aliphatic heterocycles. The molecule has 0 fully saturated rings. The van der Waals surface area contributed by atoms with Crippen molar-refractivity contribution in [3.8, 4) is 11.1 Å². The van der Waals surface area contributed by atoms with Crippen LogP contribution >= 0.6 is 0 Å². The minimum absolute atomic E-state index is 0.0569. The lowest BCUT2D eigenvalue weighted by Gasteiger charge is -2.18. The van der Waals surface area contributed by atoms with Gasteiger partial charge in [0.25, 0.3) is 0 Å². The van der Waals surface area contributed by atoms with E-state index in [1.54, 1.807) is 12.5 Å².